The Morgan fingerprint density at radius 1 is 1.23 bits per heavy atom. The quantitative estimate of drug-likeness (QED) is 0.475. The molecular weight excluding hydrogens is 376 g/mol. The van der Waals surface area contributed by atoms with Crippen LogP contribution in [-0.2, 0) is 0 Å². The number of hydrogen-bond donors (Lipinski definition) is 3. The van der Waals surface area contributed by atoms with Crippen molar-refractivity contribution in [3.05, 3.63) is 40.7 Å². The first-order valence-electron chi connectivity index (χ1n) is 10.8. The number of carbonyl (C=O) groups excluding carboxylic acids is 1. The van der Waals surface area contributed by atoms with E-state index in [4.69, 9.17) is 5.73 Å². The molecule has 1 fully saturated rings. The number of aryl methyl sites for hydroxylation is 3. The van der Waals surface area contributed by atoms with Crippen LogP contribution in [-0.4, -0.2) is 47.5 Å². The fourth-order valence-electron chi connectivity index (χ4n) is 4.07. The first-order valence-corrected chi connectivity index (χ1v) is 10.8. The third kappa shape index (κ3) is 5.69. The number of amides is 1. The van der Waals surface area contributed by atoms with Crippen molar-refractivity contribution in [1.82, 2.24) is 14.9 Å². The molecule has 162 valence electrons. The molecule has 7 heteroatoms. The summed E-state index contributed by atoms with van der Waals surface area (Å²) in [7, 11) is 2.19. The largest absolute Gasteiger partial charge is 0.397 e. The van der Waals surface area contributed by atoms with Crippen LogP contribution in [0.15, 0.2) is 18.3 Å². The molecule has 0 saturated carbocycles. The van der Waals surface area contributed by atoms with Gasteiger partial charge in [0.05, 0.1) is 22.6 Å². The van der Waals surface area contributed by atoms with Crippen LogP contribution in [0.2, 0.25) is 0 Å². The van der Waals surface area contributed by atoms with Crippen LogP contribution in [0.5, 0.6) is 0 Å². The molecule has 0 radical (unpaired) electrons. The van der Waals surface area contributed by atoms with E-state index in [1.165, 1.54) is 32.4 Å². The lowest BCUT2D eigenvalue weighted by Crippen LogP contribution is -2.30. The number of nitrogen functional groups attached to an aromatic ring is 1. The van der Waals surface area contributed by atoms with Gasteiger partial charge in [-0.25, -0.2) is 9.97 Å². The molecule has 4 N–H and O–H groups in total. The number of nitrogens with zero attached hydrogens (tertiary/aromatic N) is 3. The number of likely N-dealkylation sites (tertiary alicyclic amines) is 1. The summed E-state index contributed by atoms with van der Waals surface area (Å²) in [5.74, 6) is 1.15. The molecule has 3 rings (SSSR count). The van der Waals surface area contributed by atoms with E-state index >= 15 is 0 Å². The number of nitrogens with one attached hydrogen (secondary N) is 2. The van der Waals surface area contributed by atoms with Gasteiger partial charge in [-0.2, -0.15) is 0 Å². The predicted molar refractivity (Wildman–Crippen MR) is 123 cm³/mol. The Morgan fingerprint density at radius 3 is 2.63 bits per heavy atom. The number of carbonyl (C=O) groups is 1. The zero-order valence-electron chi connectivity index (χ0n) is 18.6. The zero-order valence-corrected chi connectivity index (χ0v) is 18.6. The van der Waals surface area contributed by atoms with Gasteiger partial charge < -0.3 is 21.3 Å². The fraction of sp³-hybridized carbons (Fsp3) is 0.522. The molecule has 7 nitrogen and oxygen atoms in total. The molecule has 1 aliphatic heterocycles. The predicted octanol–water partition coefficient (Wildman–Crippen LogP) is 3.77. The molecule has 1 amide bonds. The Labute approximate surface area is 179 Å². The van der Waals surface area contributed by atoms with Crippen LogP contribution >= 0.6 is 0 Å². The van der Waals surface area contributed by atoms with Crippen molar-refractivity contribution >= 4 is 23.2 Å². The van der Waals surface area contributed by atoms with Gasteiger partial charge >= 0.3 is 0 Å². The van der Waals surface area contributed by atoms with Crippen LogP contribution in [0.25, 0.3) is 0 Å². The summed E-state index contributed by atoms with van der Waals surface area (Å²) >= 11 is 0. The Bertz CT molecular complexity index is 866. The van der Waals surface area contributed by atoms with E-state index in [2.05, 4.69) is 32.5 Å². The maximum absolute atomic E-state index is 12.7. The number of benzene rings is 1. The Balaban J connectivity index is 1.53. The van der Waals surface area contributed by atoms with Gasteiger partial charge in [0.1, 0.15) is 0 Å². The van der Waals surface area contributed by atoms with E-state index in [1.54, 1.807) is 6.20 Å². The fourth-order valence-corrected chi connectivity index (χ4v) is 4.07. The maximum atomic E-state index is 12.7. The van der Waals surface area contributed by atoms with Gasteiger partial charge in [0.25, 0.3) is 5.91 Å². The molecular formula is C23H34N6O. The summed E-state index contributed by atoms with van der Waals surface area (Å²) in [6.07, 6.45) is 6.50. The lowest BCUT2D eigenvalue weighted by atomic mass is 9.92. The topological polar surface area (TPSA) is 96.2 Å². The van der Waals surface area contributed by atoms with Crippen LogP contribution in [0.1, 0.15) is 52.9 Å². The summed E-state index contributed by atoms with van der Waals surface area (Å²) in [5, 5.41) is 6.20. The average molecular weight is 411 g/mol. The molecule has 2 heterocycles. The highest BCUT2D eigenvalue weighted by Gasteiger charge is 2.17. The minimum atomic E-state index is -0.250. The number of aromatic nitrogens is 2. The van der Waals surface area contributed by atoms with E-state index in [9.17, 15) is 4.79 Å². The van der Waals surface area contributed by atoms with Gasteiger partial charge in [-0.3, -0.25) is 4.79 Å². The minimum Gasteiger partial charge on any atom is -0.397 e. The van der Waals surface area contributed by atoms with E-state index in [0.717, 1.165) is 30.0 Å². The second-order valence-electron chi connectivity index (χ2n) is 8.51. The molecule has 1 aromatic carbocycles. The zero-order chi connectivity index (χ0) is 21.7. The van der Waals surface area contributed by atoms with Crippen molar-refractivity contribution in [2.75, 3.05) is 43.0 Å². The highest BCUT2D eigenvalue weighted by Crippen LogP contribution is 2.26. The number of piperidine rings is 1. The van der Waals surface area contributed by atoms with Crippen molar-refractivity contribution in [3.63, 3.8) is 0 Å². The lowest BCUT2D eigenvalue weighted by Gasteiger charge is -2.28. The third-order valence-electron chi connectivity index (χ3n) is 5.88. The number of rotatable bonds is 7. The van der Waals surface area contributed by atoms with Gasteiger partial charge in [0.2, 0.25) is 5.95 Å². The molecule has 0 atom stereocenters. The van der Waals surface area contributed by atoms with Crippen molar-refractivity contribution < 1.29 is 4.79 Å². The highest BCUT2D eigenvalue weighted by atomic mass is 16.1. The molecule has 0 spiro atoms. The lowest BCUT2D eigenvalue weighted by molar-refractivity contribution is 0.102. The van der Waals surface area contributed by atoms with Crippen molar-refractivity contribution in [1.29, 1.82) is 0 Å². The second-order valence-corrected chi connectivity index (χ2v) is 8.51. The van der Waals surface area contributed by atoms with Gasteiger partial charge in [-0.05, 0) is 89.7 Å². The smallest absolute Gasteiger partial charge is 0.259 e. The summed E-state index contributed by atoms with van der Waals surface area (Å²) < 4.78 is 0. The molecule has 0 aliphatic carbocycles. The van der Waals surface area contributed by atoms with E-state index in [-0.39, 0.29) is 5.91 Å². The summed E-state index contributed by atoms with van der Waals surface area (Å²) in [5.41, 5.74) is 10.4. The van der Waals surface area contributed by atoms with Gasteiger partial charge in [0.15, 0.2) is 0 Å². The highest BCUT2D eigenvalue weighted by molar-refractivity contribution is 6.06. The van der Waals surface area contributed by atoms with Gasteiger partial charge in [-0.1, -0.05) is 6.07 Å². The molecule has 1 saturated heterocycles. The summed E-state index contributed by atoms with van der Waals surface area (Å²) in [6, 6.07) is 3.85. The van der Waals surface area contributed by atoms with Crippen molar-refractivity contribution in [2.24, 2.45) is 5.92 Å². The monoisotopic (exact) mass is 410 g/mol. The Hall–Kier alpha value is -2.67. The van der Waals surface area contributed by atoms with E-state index in [1.807, 2.05) is 32.9 Å². The van der Waals surface area contributed by atoms with Gasteiger partial charge in [-0.15, -0.1) is 0 Å². The van der Waals surface area contributed by atoms with E-state index < -0.39 is 0 Å². The number of hydrogen-bond acceptors (Lipinski definition) is 6. The summed E-state index contributed by atoms with van der Waals surface area (Å²) in [6.45, 7) is 8.99. The Kier molecular flexibility index (Phi) is 7.26. The van der Waals surface area contributed by atoms with Crippen molar-refractivity contribution in [2.45, 2.75) is 46.5 Å². The third-order valence-corrected chi connectivity index (χ3v) is 5.88. The normalized spacial score (nSPS) is 15.2. The maximum Gasteiger partial charge on any atom is 0.259 e. The Morgan fingerprint density at radius 2 is 1.97 bits per heavy atom. The average Bonchev–Trinajstić information content (AvgIpc) is 2.69. The first kappa shape index (κ1) is 22.0. The SMILES string of the molecule is Cc1cc(C)c(NC(=O)c2cnc(NCCCC3CCN(C)CC3)nc2C)c(N)c1. The molecule has 2 aromatic rings. The number of anilines is 3. The molecule has 0 bridgehead atoms. The van der Waals surface area contributed by atoms with Crippen LogP contribution in [0.3, 0.4) is 0 Å². The molecule has 0 unspecified atom stereocenters. The number of nitrogens with two attached hydrogens (primary N) is 1. The van der Waals surface area contributed by atoms with Crippen LogP contribution < -0.4 is 16.4 Å². The molecule has 30 heavy (non-hydrogen) atoms. The van der Waals surface area contributed by atoms with Crippen LogP contribution in [0.4, 0.5) is 17.3 Å². The van der Waals surface area contributed by atoms with Crippen LogP contribution in [0, 0.1) is 26.7 Å². The van der Waals surface area contributed by atoms with E-state index in [0.29, 0.717) is 28.6 Å². The molecule has 1 aromatic heterocycles. The minimum absolute atomic E-state index is 0.250. The van der Waals surface area contributed by atoms with Gasteiger partial charge in [0, 0.05) is 12.7 Å². The first-order chi connectivity index (χ1) is 14.3. The van der Waals surface area contributed by atoms with Crippen molar-refractivity contribution in [3.8, 4) is 0 Å². The second kappa shape index (κ2) is 9.89. The standard InChI is InChI=1S/C23H34N6O/c1-15-12-16(2)21(20(24)13-15)28-22(30)19-14-26-23(27-17(19)3)25-9-5-6-18-7-10-29(4)11-8-18/h12-14,18H,5-11,24H2,1-4H3,(H,28,30)(H,25,26,27). The summed E-state index contributed by atoms with van der Waals surface area (Å²) in [4.78, 5) is 23.9. The molecule has 1 aliphatic rings.